The summed E-state index contributed by atoms with van der Waals surface area (Å²) in [4.78, 5) is 21.6. The number of ether oxygens (including phenoxy) is 1. The van der Waals surface area contributed by atoms with Crippen LogP contribution in [0.25, 0.3) is 10.2 Å². The van der Waals surface area contributed by atoms with Crippen molar-refractivity contribution >= 4 is 38.3 Å². The van der Waals surface area contributed by atoms with E-state index in [9.17, 15) is 4.79 Å². The summed E-state index contributed by atoms with van der Waals surface area (Å²) < 4.78 is 6.33. The average molecular weight is 411 g/mol. The molecule has 1 saturated heterocycles. The smallest absolute Gasteiger partial charge is 0.240 e. The Morgan fingerprint density at radius 1 is 1.10 bits per heavy atom. The van der Waals surface area contributed by atoms with E-state index < -0.39 is 0 Å². The minimum Gasteiger partial charge on any atom is -0.497 e. The van der Waals surface area contributed by atoms with Crippen molar-refractivity contribution in [2.24, 2.45) is 0 Å². The number of fused-ring (bicyclic) bond motifs is 1. The number of carbonyl (C=O) groups excluding carboxylic acids is 1. The van der Waals surface area contributed by atoms with Crippen molar-refractivity contribution < 1.29 is 9.53 Å². The summed E-state index contributed by atoms with van der Waals surface area (Å²) in [6.07, 6.45) is 0. The molecule has 0 atom stereocenters. The van der Waals surface area contributed by atoms with Gasteiger partial charge in [0, 0.05) is 31.9 Å². The first kappa shape index (κ1) is 19.7. The number of piperazine rings is 1. The Bertz CT molecular complexity index is 969. The Balaban J connectivity index is 1.30. The first-order chi connectivity index (χ1) is 14.0. The highest BCUT2D eigenvalue weighted by Crippen LogP contribution is 2.28. The van der Waals surface area contributed by atoms with E-state index in [1.807, 2.05) is 12.1 Å². The quantitative estimate of drug-likeness (QED) is 0.695. The summed E-state index contributed by atoms with van der Waals surface area (Å²) in [5, 5.41) is 3.65. The van der Waals surface area contributed by atoms with E-state index in [4.69, 9.17) is 4.74 Å². The molecular formula is C22H26N4O2S. The van der Waals surface area contributed by atoms with Crippen molar-refractivity contribution in [3.05, 3.63) is 47.5 Å². The number of methoxy groups -OCH3 is 1. The fraction of sp³-hybridized carbons (Fsp3) is 0.364. The number of benzene rings is 2. The van der Waals surface area contributed by atoms with E-state index in [1.165, 1.54) is 28.2 Å². The molecule has 7 heteroatoms. The molecule has 1 aromatic heterocycles. The predicted molar refractivity (Wildman–Crippen MR) is 119 cm³/mol. The molecule has 4 rings (SSSR count). The lowest BCUT2D eigenvalue weighted by Crippen LogP contribution is -2.48. The third kappa shape index (κ3) is 4.52. The number of hydrogen-bond donors (Lipinski definition) is 1. The SMILES string of the molecule is COc1ccc(N2CCN(CC(=O)Nc3nc4cc(C)c(C)cc4s3)CC2)cc1. The number of amides is 1. The largest absolute Gasteiger partial charge is 0.497 e. The number of aromatic nitrogens is 1. The molecule has 0 spiro atoms. The van der Waals surface area contributed by atoms with Gasteiger partial charge in [-0.1, -0.05) is 11.3 Å². The molecule has 152 valence electrons. The van der Waals surface area contributed by atoms with Crippen LogP contribution in [0.4, 0.5) is 10.8 Å². The average Bonchev–Trinajstić information content (AvgIpc) is 3.09. The summed E-state index contributed by atoms with van der Waals surface area (Å²) in [6.45, 7) is 8.09. The maximum absolute atomic E-state index is 12.5. The van der Waals surface area contributed by atoms with Gasteiger partial charge in [0.25, 0.3) is 0 Å². The third-order valence-electron chi connectivity index (χ3n) is 5.43. The van der Waals surface area contributed by atoms with E-state index in [2.05, 4.69) is 58.2 Å². The summed E-state index contributed by atoms with van der Waals surface area (Å²) >= 11 is 1.53. The van der Waals surface area contributed by atoms with Crippen LogP contribution < -0.4 is 15.0 Å². The molecule has 29 heavy (non-hydrogen) atoms. The number of carbonyl (C=O) groups is 1. The number of rotatable bonds is 5. The fourth-order valence-electron chi connectivity index (χ4n) is 3.55. The second kappa shape index (κ2) is 8.39. The lowest BCUT2D eigenvalue weighted by molar-refractivity contribution is -0.117. The molecule has 1 aliphatic heterocycles. The van der Waals surface area contributed by atoms with Crippen LogP contribution in [0.3, 0.4) is 0 Å². The molecule has 0 radical (unpaired) electrons. The van der Waals surface area contributed by atoms with Gasteiger partial charge in [0.1, 0.15) is 5.75 Å². The van der Waals surface area contributed by atoms with Gasteiger partial charge in [0.05, 0.1) is 23.9 Å². The number of nitrogens with one attached hydrogen (secondary N) is 1. The van der Waals surface area contributed by atoms with Gasteiger partial charge in [-0.05, 0) is 61.4 Å². The summed E-state index contributed by atoms with van der Waals surface area (Å²) in [5.74, 6) is 0.861. The summed E-state index contributed by atoms with van der Waals surface area (Å²) in [6, 6.07) is 12.3. The van der Waals surface area contributed by atoms with E-state index in [0.29, 0.717) is 11.7 Å². The Hall–Kier alpha value is -2.64. The number of hydrogen-bond acceptors (Lipinski definition) is 6. The number of anilines is 2. The van der Waals surface area contributed by atoms with Crippen molar-refractivity contribution in [3.63, 3.8) is 0 Å². The molecule has 0 bridgehead atoms. The van der Waals surface area contributed by atoms with Crippen molar-refractivity contribution in [2.45, 2.75) is 13.8 Å². The van der Waals surface area contributed by atoms with Gasteiger partial charge >= 0.3 is 0 Å². The van der Waals surface area contributed by atoms with Crippen molar-refractivity contribution in [1.29, 1.82) is 0 Å². The normalized spacial score (nSPS) is 14.9. The Labute approximate surface area is 175 Å². The highest BCUT2D eigenvalue weighted by Gasteiger charge is 2.20. The molecule has 1 amide bonds. The Morgan fingerprint density at radius 3 is 2.48 bits per heavy atom. The second-order valence-electron chi connectivity index (χ2n) is 7.43. The van der Waals surface area contributed by atoms with Gasteiger partial charge in [-0.15, -0.1) is 0 Å². The third-order valence-corrected chi connectivity index (χ3v) is 6.36. The van der Waals surface area contributed by atoms with Crippen molar-refractivity contribution in [2.75, 3.05) is 50.1 Å². The minimum atomic E-state index is -0.00426. The molecule has 1 fully saturated rings. The van der Waals surface area contributed by atoms with Crippen LogP contribution in [-0.4, -0.2) is 55.6 Å². The highest BCUT2D eigenvalue weighted by atomic mass is 32.1. The fourth-order valence-corrected chi connectivity index (χ4v) is 4.51. The molecule has 6 nitrogen and oxygen atoms in total. The maximum Gasteiger partial charge on any atom is 0.240 e. The standard InChI is InChI=1S/C22H26N4O2S/c1-15-12-19-20(13-16(15)2)29-22(23-19)24-21(27)14-25-8-10-26(11-9-25)17-4-6-18(28-3)7-5-17/h4-7,12-13H,8-11,14H2,1-3H3,(H,23,24,27). The highest BCUT2D eigenvalue weighted by molar-refractivity contribution is 7.22. The van der Waals surface area contributed by atoms with Crippen LogP contribution in [-0.2, 0) is 4.79 Å². The van der Waals surface area contributed by atoms with Crippen LogP contribution in [0.5, 0.6) is 5.75 Å². The molecular weight excluding hydrogens is 384 g/mol. The molecule has 2 aromatic carbocycles. The first-order valence-electron chi connectivity index (χ1n) is 9.81. The summed E-state index contributed by atoms with van der Waals surface area (Å²) in [7, 11) is 1.68. The van der Waals surface area contributed by atoms with Crippen molar-refractivity contribution in [3.8, 4) is 5.75 Å². The summed E-state index contributed by atoms with van der Waals surface area (Å²) in [5.41, 5.74) is 4.60. The maximum atomic E-state index is 12.5. The zero-order valence-electron chi connectivity index (χ0n) is 17.1. The lowest BCUT2D eigenvalue weighted by atomic mass is 10.1. The Kier molecular flexibility index (Phi) is 5.69. The molecule has 1 N–H and O–H groups in total. The molecule has 3 aromatic rings. The van der Waals surface area contributed by atoms with Gasteiger partial charge in [-0.2, -0.15) is 0 Å². The number of thiazole rings is 1. The van der Waals surface area contributed by atoms with Gasteiger partial charge in [-0.3, -0.25) is 9.69 Å². The number of nitrogens with zero attached hydrogens (tertiary/aromatic N) is 3. The van der Waals surface area contributed by atoms with Crippen LogP contribution in [0, 0.1) is 13.8 Å². The first-order valence-corrected chi connectivity index (χ1v) is 10.6. The van der Waals surface area contributed by atoms with Crippen LogP contribution >= 0.6 is 11.3 Å². The van der Waals surface area contributed by atoms with Crippen LogP contribution in [0.1, 0.15) is 11.1 Å². The molecule has 1 aliphatic rings. The topological polar surface area (TPSA) is 57.7 Å². The van der Waals surface area contributed by atoms with Gasteiger partial charge < -0.3 is 15.0 Å². The predicted octanol–water partition coefficient (Wildman–Crippen LogP) is 3.68. The van der Waals surface area contributed by atoms with E-state index >= 15 is 0 Å². The molecule has 2 heterocycles. The van der Waals surface area contributed by atoms with Gasteiger partial charge in [-0.25, -0.2) is 4.98 Å². The van der Waals surface area contributed by atoms with Crippen molar-refractivity contribution in [1.82, 2.24) is 9.88 Å². The van der Waals surface area contributed by atoms with Crippen LogP contribution in [0.15, 0.2) is 36.4 Å². The van der Waals surface area contributed by atoms with E-state index in [0.717, 1.165) is 42.1 Å². The van der Waals surface area contributed by atoms with Gasteiger partial charge in [0.15, 0.2) is 5.13 Å². The minimum absolute atomic E-state index is 0.00426. The van der Waals surface area contributed by atoms with E-state index in [-0.39, 0.29) is 5.91 Å². The van der Waals surface area contributed by atoms with E-state index in [1.54, 1.807) is 7.11 Å². The second-order valence-corrected chi connectivity index (χ2v) is 8.46. The Morgan fingerprint density at radius 2 is 1.79 bits per heavy atom. The van der Waals surface area contributed by atoms with Gasteiger partial charge in [0.2, 0.25) is 5.91 Å². The molecule has 0 aliphatic carbocycles. The zero-order chi connectivity index (χ0) is 20.4. The van der Waals surface area contributed by atoms with Crippen LogP contribution in [0.2, 0.25) is 0 Å². The lowest BCUT2D eigenvalue weighted by Gasteiger charge is -2.35. The zero-order valence-corrected chi connectivity index (χ0v) is 17.9. The molecule has 0 unspecified atom stereocenters. The number of aryl methyl sites for hydroxylation is 2. The molecule has 0 saturated carbocycles. The monoisotopic (exact) mass is 410 g/mol.